The van der Waals surface area contributed by atoms with Crippen LogP contribution in [0.2, 0.25) is 0 Å². The van der Waals surface area contributed by atoms with E-state index in [2.05, 4.69) is 0 Å². The summed E-state index contributed by atoms with van der Waals surface area (Å²) < 4.78 is 47.9. The van der Waals surface area contributed by atoms with Gasteiger partial charge in [0.2, 0.25) is 5.91 Å². The van der Waals surface area contributed by atoms with Crippen molar-refractivity contribution in [1.82, 2.24) is 4.31 Å². The van der Waals surface area contributed by atoms with Gasteiger partial charge in [0.1, 0.15) is 18.6 Å². The van der Waals surface area contributed by atoms with Crippen LogP contribution in [-0.2, 0) is 48.1 Å². The number of amides is 1. The molecule has 2 aliphatic rings. The van der Waals surface area contributed by atoms with Gasteiger partial charge in [-0.05, 0) is 19.1 Å². The number of sulfonamides is 1. The summed E-state index contributed by atoms with van der Waals surface area (Å²) in [4.78, 5) is 47.4. The summed E-state index contributed by atoms with van der Waals surface area (Å²) in [5.41, 5.74) is 0.825. The number of esters is 3. The second-order valence-electron chi connectivity index (χ2n) is 7.49. The van der Waals surface area contributed by atoms with Crippen molar-refractivity contribution in [2.45, 2.75) is 57.1 Å². The zero-order valence-electron chi connectivity index (χ0n) is 17.8. The van der Waals surface area contributed by atoms with Gasteiger partial charge in [0, 0.05) is 20.8 Å². The van der Waals surface area contributed by atoms with E-state index in [4.69, 9.17) is 18.9 Å². The topological polar surface area (TPSA) is 143 Å². The fourth-order valence-electron chi connectivity index (χ4n) is 3.65. The summed E-state index contributed by atoms with van der Waals surface area (Å²) in [7, 11) is -4.28. The summed E-state index contributed by atoms with van der Waals surface area (Å²) in [6, 6.07) is 5.88. The Hall–Kier alpha value is -2.99. The number of β-lactam (4-membered cyclic amide) rings is 1. The maximum Gasteiger partial charge on any atom is 0.303 e. The SMILES string of the molecule is CC(=O)OC[C@H]1O[C@H]2[C@H](C(=O)N2S(=O)(=O)c2ccc(C)cc2)[C@@H](OC(C)=O)[C@H]1OC(C)=O. The van der Waals surface area contributed by atoms with Crippen molar-refractivity contribution < 1.29 is 46.5 Å². The first-order chi connectivity index (χ1) is 14.9. The van der Waals surface area contributed by atoms with Crippen LogP contribution in [0, 0.1) is 12.8 Å². The average Bonchev–Trinajstić information content (AvgIpc) is 2.67. The monoisotopic (exact) mass is 469 g/mol. The van der Waals surface area contributed by atoms with Crippen LogP contribution in [0.3, 0.4) is 0 Å². The zero-order chi connectivity index (χ0) is 23.8. The van der Waals surface area contributed by atoms with Gasteiger partial charge >= 0.3 is 17.9 Å². The third kappa shape index (κ3) is 4.46. The largest absolute Gasteiger partial charge is 0.463 e. The molecule has 3 rings (SSSR count). The molecule has 12 heteroatoms. The van der Waals surface area contributed by atoms with Crippen LogP contribution in [0.1, 0.15) is 26.3 Å². The minimum atomic E-state index is -4.28. The molecule has 0 radical (unpaired) electrons. The van der Waals surface area contributed by atoms with E-state index in [1.165, 1.54) is 12.1 Å². The van der Waals surface area contributed by atoms with E-state index in [1.54, 1.807) is 19.1 Å². The maximum atomic E-state index is 13.1. The van der Waals surface area contributed by atoms with E-state index in [1.807, 2.05) is 0 Å². The number of fused-ring (bicyclic) bond motifs is 1. The van der Waals surface area contributed by atoms with E-state index in [9.17, 15) is 27.6 Å². The first-order valence-corrected chi connectivity index (χ1v) is 11.2. The number of nitrogens with zero attached hydrogens (tertiary/aromatic N) is 1. The van der Waals surface area contributed by atoms with Gasteiger partial charge in [-0.3, -0.25) is 19.2 Å². The minimum absolute atomic E-state index is 0.124. The molecule has 0 spiro atoms. The van der Waals surface area contributed by atoms with Crippen LogP contribution in [0.25, 0.3) is 0 Å². The highest BCUT2D eigenvalue weighted by Gasteiger charge is 2.65. The molecule has 0 unspecified atom stereocenters. The molecular weight excluding hydrogens is 446 g/mol. The summed E-state index contributed by atoms with van der Waals surface area (Å²) in [5.74, 6) is -4.28. The molecule has 32 heavy (non-hydrogen) atoms. The summed E-state index contributed by atoms with van der Waals surface area (Å²) >= 11 is 0. The fourth-order valence-corrected chi connectivity index (χ4v) is 5.17. The van der Waals surface area contributed by atoms with Crippen molar-refractivity contribution in [3.05, 3.63) is 29.8 Å². The molecule has 2 heterocycles. The Labute approximate surface area is 184 Å². The third-order valence-electron chi connectivity index (χ3n) is 5.03. The van der Waals surface area contributed by atoms with Crippen LogP contribution >= 0.6 is 0 Å². The lowest BCUT2D eigenvalue weighted by Crippen LogP contribution is -2.74. The van der Waals surface area contributed by atoms with E-state index >= 15 is 0 Å². The number of rotatable bonds is 6. The molecular formula is C20H23NO10S. The van der Waals surface area contributed by atoms with Gasteiger partial charge in [-0.15, -0.1) is 0 Å². The summed E-state index contributed by atoms with van der Waals surface area (Å²) in [6.45, 7) is 4.72. The van der Waals surface area contributed by atoms with Crippen LogP contribution in [0.15, 0.2) is 29.2 Å². The Bertz CT molecular complexity index is 1030. The summed E-state index contributed by atoms with van der Waals surface area (Å²) in [6.07, 6.45) is -5.14. The molecule has 2 aliphatic heterocycles. The Morgan fingerprint density at radius 1 is 0.969 bits per heavy atom. The molecule has 0 saturated carbocycles. The highest BCUT2D eigenvalue weighted by Crippen LogP contribution is 2.43. The molecule has 0 aliphatic carbocycles. The first kappa shape index (κ1) is 23.7. The first-order valence-electron chi connectivity index (χ1n) is 9.71. The quantitative estimate of drug-likeness (QED) is 0.324. The van der Waals surface area contributed by atoms with E-state index < -0.39 is 70.9 Å². The van der Waals surface area contributed by atoms with Gasteiger partial charge < -0.3 is 18.9 Å². The molecule has 5 atom stereocenters. The Morgan fingerprint density at radius 2 is 1.53 bits per heavy atom. The van der Waals surface area contributed by atoms with Crippen LogP contribution in [0.4, 0.5) is 0 Å². The standard InChI is InChI=1S/C20H23NO10S/c1-10-5-7-14(8-6-10)32(26,27)21-19(25)16-18(30-13(4)24)17(29-12(3)23)15(31-20(16)21)9-28-11(2)22/h5-8,15-18,20H,9H2,1-4H3/t15-,16+,17+,18-,20+/m1/s1. The lowest BCUT2D eigenvalue weighted by atomic mass is 9.84. The number of hydrogen-bond donors (Lipinski definition) is 0. The average molecular weight is 469 g/mol. The molecule has 0 aromatic heterocycles. The van der Waals surface area contributed by atoms with Gasteiger partial charge in [-0.1, -0.05) is 17.7 Å². The number of carbonyl (C=O) groups is 4. The van der Waals surface area contributed by atoms with Crippen molar-refractivity contribution in [3.8, 4) is 0 Å². The van der Waals surface area contributed by atoms with Crippen LogP contribution in [0.5, 0.6) is 0 Å². The predicted molar refractivity (Wildman–Crippen MR) is 105 cm³/mol. The van der Waals surface area contributed by atoms with Crippen molar-refractivity contribution >= 4 is 33.8 Å². The molecule has 1 aromatic carbocycles. The van der Waals surface area contributed by atoms with Gasteiger partial charge in [-0.25, -0.2) is 12.7 Å². The van der Waals surface area contributed by atoms with E-state index in [0.29, 0.717) is 4.31 Å². The Kier molecular flexibility index (Phi) is 6.56. The second-order valence-corrected chi connectivity index (χ2v) is 9.31. The lowest BCUT2D eigenvalue weighted by molar-refractivity contribution is -0.270. The van der Waals surface area contributed by atoms with E-state index in [-0.39, 0.29) is 4.90 Å². The van der Waals surface area contributed by atoms with Crippen molar-refractivity contribution in [3.63, 3.8) is 0 Å². The van der Waals surface area contributed by atoms with Gasteiger partial charge in [-0.2, -0.15) is 0 Å². The number of aryl methyl sites for hydroxylation is 1. The lowest BCUT2D eigenvalue weighted by Gasteiger charge is -2.53. The Balaban J connectivity index is 1.97. The predicted octanol–water partition coefficient (Wildman–Crippen LogP) is 0.294. The number of hydrogen-bond acceptors (Lipinski definition) is 10. The van der Waals surface area contributed by atoms with Gasteiger partial charge in [0.15, 0.2) is 18.4 Å². The number of carbonyl (C=O) groups excluding carboxylic acids is 4. The van der Waals surface area contributed by atoms with Crippen LogP contribution in [-0.4, -0.2) is 67.7 Å². The third-order valence-corrected chi connectivity index (χ3v) is 6.81. The Morgan fingerprint density at radius 3 is 2.06 bits per heavy atom. The molecule has 0 N–H and O–H groups in total. The van der Waals surface area contributed by atoms with Gasteiger partial charge in [0.05, 0.1) is 4.90 Å². The second kappa shape index (κ2) is 8.87. The normalized spacial score (nSPS) is 27.1. The van der Waals surface area contributed by atoms with E-state index in [0.717, 1.165) is 26.3 Å². The highest BCUT2D eigenvalue weighted by molar-refractivity contribution is 7.89. The zero-order valence-corrected chi connectivity index (χ0v) is 18.7. The van der Waals surface area contributed by atoms with Crippen LogP contribution < -0.4 is 0 Å². The summed E-state index contributed by atoms with van der Waals surface area (Å²) in [5, 5.41) is 0. The van der Waals surface area contributed by atoms with Crippen molar-refractivity contribution in [2.75, 3.05) is 6.61 Å². The highest BCUT2D eigenvalue weighted by atomic mass is 32.2. The van der Waals surface area contributed by atoms with Crippen molar-refractivity contribution in [1.29, 1.82) is 0 Å². The van der Waals surface area contributed by atoms with Gasteiger partial charge in [0.25, 0.3) is 10.0 Å². The smallest absolute Gasteiger partial charge is 0.303 e. The molecule has 1 amide bonds. The molecule has 0 bridgehead atoms. The minimum Gasteiger partial charge on any atom is -0.463 e. The molecule has 2 fully saturated rings. The number of ether oxygens (including phenoxy) is 4. The maximum absolute atomic E-state index is 13.1. The molecule has 11 nitrogen and oxygen atoms in total. The fraction of sp³-hybridized carbons (Fsp3) is 0.500. The molecule has 2 saturated heterocycles. The molecule has 174 valence electrons. The molecule has 1 aromatic rings. The van der Waals surface area contributed by atoms with Crippen molar-refractivity contribution in [2.24, 2.45) is 5.92 Å². The number of benzene rings is 1.